The van der Waals surface area contributed by atoms with Crippen LogP contribution in [0.25, 0.3) is 5.78 Å². The Hall–Kier alpha value is -1.91. The molecule has 1 unspecified atom stereocenters. The molecule has 1 amide bonds. The lowest BCUT2D eigenvalue weighted by molar-refractivity contribution is 0.0706. The molecule has 4 rings (SSSR count). The first-order valence-electron chi connectivity index (χ1n) is 8.92. The Labute approximate surface area is 136 Å². The number of fused-ring (bicyclic) bond motifs is 1. The van der Waals surface area contributed by atoms with Crippen LogP contribution in [-0.2, 0) is 0 Å². The largest absolute Gasteiger partial charge is 0.334 e. The zero-order valence-corrected chi connectivity index (χ0v) is 13.5. The number of hydrogen-bond acceptors (Lipinski definition) is 3. The van der Waals surface area contributed by atoms with Crippen LogP contribution in [-0.4, -0.2) is 37.8 Å². The van der Waals surface area contributed by atoms with E-state index < -0.39 is 0 Å². The number of hydrogen-bond donors (Lipinski definition) is 0. The molecule has 0 radical (unpaired) electrons. The highest BCUT2D eigenvalue weighted by Gasteiger charge is 2.32. The molecule has 23 heavy (non-hydrogen) atoms. The fraction of sp³-hybridized carbons (Fsp3) is 0.611. The van der Waals surface area contributed by atoms with Crippen LogP contribution in [0, 0.1) is 5.92 Å². The van der Waals surface area contributed by atoms with Gasteiger partial charge in [0.15, 0.2) is 0 Å². The average molecular weight is 312 g/mol. The number of imidazole rings is 1. The number of rotatable bonds is 3. The van der Waals surface area contributed by atoms with Gasteiger partial charge in [0.05, 0.1) is 0 Å². The van der Waals surface area contributed by atoms with E-state index in [2.05, 4.69) is 14.9 Å². The standard InChI is InChI=1S/C18H24N4O/c23-17(16-13-21-10-5-9-19-18(21)20-16)22-11-4-8-15(22)12-14-6-2-1-3-7-14/h5,9-10,13-15H,1-4,6-8,11-12H2. The summed E-state index contributed by atoms with van der Waals surface area (Å²) in [6, 6.07) is 2.26. The molecule has 1 aliphatic carbocycles. The van der Waals surface area contributed by atoms with Gasteiger partial charge in [-0.2, -0.15) is 0 Å². The van der Waals surface area contributed by atoms with Gasteiger partial charge in [0.1, 0.15) is 5.69 Å². The smallest absolute Gasteiger partial charge is 0.274 e. The summed E-state index contributed by atoms with van der Waals surface area (Å²) in [5.41, 5.74) is 0.527. The molecule has 2 aromatic rings. The van der Waals surface area contributed by atoms with Gasteiger partial charge in [0.25, 0.3) is 5.91 Å². The van der Waals surface area contributed by atoms with E-state index in [4.69, 9.17) is 0 Å². The number of carbonyl (C=O) groups excluding carboxylic acids is 1. The van der Waals surface area contributed by atoms with Crippen molar-refractivity contribution in [2.45, 2.75) is 57.4 Å². The van der Waals surface area contributed by atoms with Crippen molar-refractivity contribution in [3.8, 4) is 0 Å². The predicted molar refractivity (Wildman–Crippen MR) is 88.2 cm³/mol. The van der Waals surface area contributed by atoms with Gasteiger partial charge in [0, 0.05) is 31.2 Å². The molecule has 0 spiro atoms. The van der Waals surface area contributed by atoms with Gasteiger partial charge < -0.3 is 4.90 Å². The van der Waals surface area contributed by atoms with Gasteiger partial charge in [-0.25, -0.2) is 9.97 Å². The minimum atomic E-state index is 0.0776. The van der Waals surface area contributed by atoms with Crippen LogP contribution in [0.15, 0.2) is 24.7 Å². The van der Waals surface area contributed by atoms with E-state index in [9.17, 15) is 4.79 Å². The first-order valence-corrected chi connectivity index (χ1v) is 8.92. The summed E-state index contributed by atoms with van der Waals surface area (Å²) in [6.45, 7) is 0.873. The van der Waals surface area contributed by atoms with Crippen LogP contribution < -0.4 is 0 Å². The number of nitrogens with zero attached hydrogens (tertiary/aromatic N) is 4. The molecule has 5 nitrogen and oxygen atoms in total. The molecule has 0 bridgehead atoms. The third kappa shape index (κ3) is 2.96. The van der Waals surface area contributed by atoms with Crippen LogP contribution in [0.1, 0.15) is 61.9 Å². The van der Waals surface area contributed by atoms with Crippen molar-refractivity contribution in [3.63, 3.8) is 0 Å². The zero-order chi connectivity index (χ0) is 15.6. The van der Waals surface area contributed by atoms with E-state index in [0.717, 1.165) is 25.3 Å². The summed E-state index contributed by atoms with van der Waals surface area (Å²) in [7, 11) is 0. The summed E-state index contributed by atoms with van der Waals surface area (Å²) in [4.78, 5) is 23.6. The lowest BCUT2D eigenvalue weighted by Gasteiger charge is -2.29. The van der Waals surface area contributed by atoms with Crippen molar-refractivity contribution >= 4 is 11.7 Å². The summed E-state index contributed by atoms with van der Waals surface area (Å²) in [5, 5.41) is 0. The minimum absolute atomic E-state index is 0.0776. The Morgan fingerprint density at radius 3 is 2.87 bits per heavy atom. The molecule has 1 aliphatic heterocycles. The zero-order valence-electron chi connectivity index (χ0n) is 13.5. The fourth-order valence-corrected chi connectivity index (χ4v) is 4.24. The van der Waals surface area contributed by atoms with E-state index >= 15 is 0 Å². The molecule has 1 saturated carbocycles. The van der Waals surface area contributed by atoms with Crippen molar-refractivity contribution < 1.29 is 4.79 Å². The monoisotopic (exact) mass is 312 g/mol. The summed E-state index contributed by atoms with van der Waals surface area (Å²) in [6.07, 6.45) is 15.6. The molecule has 1 saturated heterocycles. The Morgan fingerprint density at radius 1 is 1.17 bits per heavy atom. The molecule has 2 aromatic heterocycles. The first kappa shape index (κ1) is 14.7. The maximum Gasteiger partial charge on any atom is 0.274 e. The highest BCUT2D eigenvalue weighted by molar-refractivity contribution is 5.93. The Balaban J connectivity index is 1.49. The molecule has 2 aliphatic rings. The van der Waals surface area contributed by atoms with Crippen molar-refractivity contribution in [2.24, 2.45) is 5.92 Å². The van der Waals surface area contributed by atoms with E-state index in [1.807, 2.05) is 16.7 Å². The number of likely N-dealkylation sites (tertiary alicyclic amines) is 1. The maximum absolute atomic E-state index is 12.9. The summed E-state index contributed by atoms with van der Waals surface area (Å²) < 4.78 is 1.82. The predicted octanol–water partition coefficient (Wildman–Crippen LogP) is 3.30. The van der Waals surface area contributed by atoms with Crippen LogP contribution in [0.4, 0.5) is 0 Å². The van der Waals surface area contributed by atoms with Crippen molar-refractivity contribution in [3.05, 3.63) is 30.4 Å². The van der Waals surface area contributed by atoms with Gasteiger partial charge in [-0.05, 0) is 31.2 Å². The number of aromatic nitrogens is 3. The molecule has 0 aromatic carbocycles. The SMILES string of the molecule is O=C(c1cn2cccnc2n1)N1CCCC1CC1CCCCC1. The van der Waals surface area contributed by atoms with Crippen LogP contribution in [0.5, 0.6) is 0 Å². The second-order valence-electron chi connectivity index (χ2n) is 6.99. The average Bonchev–Trinajstić information content (AvgIpc) is 3.21. The van der Waals surface area contributed by atoms with Gasteiger partial charge in [-0.3, -0.25) is 9.20 Å². The van der Waals surface area contributed by atoms with E-state index in [0.29, 0.717) is 17.5 Å². The first-order chi connectivity index (χ1) is 11.3. The minimum Gasteiger partial charge on any atom is -0.334 e. The second-order valence-corrected chi connectivity index (χ2v) is 6.99. The Morgan fingerprint density at radius 2 is 2.04 bits per heavy atom. The normalized spacial score (nSPS) is 22.8. The van der Waals surface area contributed by atoms with Gasteiger partial charge in [-0.15, -0.1) is 0 Å². The third-order valence-corrected chi connectivity index (χ3v) is 5.42. The van der Waals surface area contributed by atoms with Gasteiger partial charge >= 0.3 is 0 Å². The van der Waals surface area contributed by atoms with Crippen LogP contribution >= 0.6 is 0 Å². The third-order valence-electron chi connectivity index (χ3n) is 5.42. The molecule has 0 N–H and O–H groups in total. The van der Waals surface area contributed by atoms with Crippen LogP contribution in [0.2, 0.25) is 0 Å². The lowest BCUT2D eigenvalue weighted by Crippen LogP contribution is -2.37. The highest BCUT2D eigenvalue weighted by Crippen LogP contribution is 2.32. The topological polar surface area (TPSA) is 50.5 Å². The Bertz CT molecular complexity index is 656. The van der Waals surface area contributed by atoms with Crippen molar-refractivity contribution in [1.29, 1.82) is 0 Å². The second kappa shape index (κ2) is 6.30. The van der Waals surface area contributed by atoms with E-state index in [1.165, 1.54) is 38.5 Å². The molecule has 1 atom stereocenters. The lowest BCUT2D eigenvalue weighted by atomic mass is 9.84. The molecule has 122 valence electrons. The highest BCUT2D eigenvalue weighted by atomic mass is 16.2. The maximum atomic E-state index is 12.9. The summed E-state index contributed by atoms with van der Waals surface area (Å²) in [5.74, 6) is 1.48. The number of amides is 1. The molecular weight excluding hydrogens is 288 g/mol. The van der Waals surface area contributed by atoms with Crippen LogP contribution in [0.3, 0.4) is 0 Å². The molecular formula is C18H24N4O. The van der Waals surface area contributed by atoms with Crippen molar-refractivity contribution in [1.82, 2.24) is 19.3 Å². The molecule has 5 heteroatoms. The summed E-state index contributed by atoms with van der Waals surface area (Å²) >= 11 is 0. The van der Waals surface area contributed by atoms with Crippen molar-refractivity contribution in [2.75, 3.05) is 6.54 Å². The van der Waals surface area contributed by atoms with E-state index in [-0.39, 0.29) is 5.91 Å². The van der Waals surface area contributed by atoms with Gasteiger partial charge in [0.2, 0.25) is 5.78 Å². The fourth-order valence-electron chi connectivity index (χ4n) is 4.24. The Kier molecular flexibility index (Phi) is 4.02. The van der Waals surface area contributed by atoms with E-state index in [1.54, 1.807) is 12.4 Å². The molecule has 2 fully saturated rings. The quantitative estimate of drug-likeness (QED) is 0.873. The number of carbonyl (C=O) groups is 1. The molecule has 3 heterocycles. The van der Waals surface area contributed by atoms with Gasteiger partial charge in [-0.1, -0.05) is 32.1 Å².